The molecule has 0 aliphatic heterocycles. The summed E-state index contributed by atoms with van der Waals surface area (Å²) in [6.07, 6.45) is 1.30. The summed E-state index contributed by atoms with van der Waals surface area (Å²) in [5.41, 5.74) is 2.63. The van der Waals surface area contributed by atoms with Gasteiger partial charge in [0.15, 0.2) is 6.61 Å². The maximum atomic E-state index is 11.7. The lowest BCUT2D eigenvalue weighted by Gasteiger charge is -2.03. The molecular formula is C19H15N3O5. The molecule has 0 fully saturated rings. The van der Waals surface area contributed by atoms with Crippen molar-refractivity contribution in [2.24, 2.45) is 5.10 Å². The highest BCUT2D eigenvalue weighted by molar-refractivity contribution is 5.82. The quantitative estimate of drug-likeness (QED) is 0.392. The number of nitro groups is 1. The number of carbonyl (C=O) groups excluding carboxylic acids is 1. The second-order valence-corrected chi connectivity index (χ2v) is 5.37. The molecule has 1 heterocycles. The van der Waals surface area contributed by atoms with Crippen molar-refractivity contribution in [3.63, 3.8) is 0 Å². The summed E-state index contributed by atoms with van der Waals surface area (Å²) in [6, 6.07) is 18.4. The van der Waals surface area contributed by atoms with Crippen molar-refractivity contribution in [1.29, 1.82) is 0 Å². The van der Waals surface area contributed by atoms with E-state index in [-0.39, 0.29) is 12.3 Å². The van der Waals surface area contributed by atoms with Crippen LogP contribution in [0.5, 0.6) is 5.75 Å². The summed E-state index contributed by atoms with van der Waals surface area (Å²) in [4.78, 5) is 22.3. The minimum absolute atomic E-state index is 0.0540. The number of rotatable bonds is 7. The highest BCUT2D eigenvalue weighted by Crippen LogP contribution is 2.30. The molecule has 0 spiro atoms. The highest BCUT2D eigenvalue weighted by Gasteiger charge is 2.16. The van der Waals surface area contributed by atoms with Crippen LogP contribution in [0.4, 0.5) is 5.69 Å². The number of hydrogen-bond acceptors (Lipinski definition) is 6. The van der Waals surface area contributed by atoms with E-state index in [2.05, 4.69) is 10.5 Å². The number of amides is 1. The monoisotopic (exact) mass is 365 g/mol. The van der Waals surface area contributed by atoms with Gasteiger partial charge in [-0.15, -0.1) is 0 Å². The zero-order valence-corrected chi connectivity index (χ0v) is 14.1. The summed E-state index contributed by atoms with van der Waals surface area (Å²) in [5.74, 6) is 0.826. The molecule has 0 radical (unpaired) electrons. The molecule has 0 aliphatic rings. The second kappa shape index (κ2) is 8.43. The molecule has 0 saturated carbocycles. The van der Waals surface area contributed by atoms with E-state index in [9.17, 15) is 14.9 Å². The fourth-order valence-corrected chi connectivity index (χ4v) is 2.27. The number of para-hydroxylation sites is 2. The number of ether oxygens (including phenoxy) is 1. The summed E-state index contributed by atoms with van der Waals surface area (Å²) in [6.45, 7) is -0.180. The molecule has 0 atom stereocenters. The van der Waals surface area contributed by atoms with Gasteiger partial charge >= 0.3 is 0 Å². The van der Waals surface area contributed by atoms with Gasteiger partial charge < -0.3 is 9.15 Å². The summed E-state index contributed by atoms with van der Waals surface area (Å²) in [7, 11) is 0. The third-order valence-electron chi connectivity index (χ3n) is 3.49. The maximum Gasteiger partial charge on any atom is 0.280 e. The Morgan fingerprint density at radius 3 is 2.63 bits per heavy atom. The minimum Gasteiger partial charge on any atom is -0.484 e. The number of benzene rings is 2. The third kappa shape index (κ3) is 4.79. The van der Waals surface area contributed by atoms with Gasteiger partial charge in [0.05, 0.1) is 16.7 Å². The second-order valence-electron chi connectivity index (χ2n) is 5.37. The lowest BCUT2D eigenvalue weighted by atomic mass is 10.1. The van der Waals surface area contributed by atoms with Crippen LogP contribution < -0.4 is 10.2 Å². The summed E-state index contributed by atoms with van der Waals surface area (Å²) in [5, 5.41) is 14.9. The number of hydrogen-bond donors (Lipinski definition) is 1. The first-order chi connectivity index (χ1) is 13.1. The SMILES string of the molecule is O=C(COc1ccccc1)N/N=C\c1ccc(-c2ccccc2[N+](=O)[O-])o1. The van der Waals surface area contributed by atoms with Crippen molar-refractivity contribution >= 4 is 17.8 Å². The Balaban J connectivity index is 1.58. The predicted octanol–water partition coefficient (Wildman–Crippen LogP) is 3.38. The lowest BCUT2D eigenvalue weighted by molar-refractivity contribution is -0.384. The Bertz CT molecular complexity index is 966. The van der Waals surface area contributed by atoms with E-state index in [4.69, 9.17) is 9.15 Å². The molecule has 0 aliphatic carbocycles. The van der Waals surface area contributed by atoms with Crippen LogP contribution >= 0.6 is 0 Å². The van der Waals surface area contributed by atoms with E-state index < -0.39 is 10.8 Å². The Kier molecular flexibility index (Phi) is 5.58. The Hall–Kier alpha value is -3.94. The summed E-state index contributed by atoms with van der Waals surface area (Å²) < 4.78 is 10.8. The van der Waals surface area contributed by atoms with Crippen molar-refractivity contribution in [3.8, 4) is 17.1 Å². The average molecular weight is 365 g/mol. The molecule has 8 heteroatoms. The molecule has 1 aromatic heterocycles. The van der Waals surface area contributed by atoms with Crippen LogP contribution in [0.3, 0.4) is 0 Å². The Labute approximate surface area is 154 Å². The number of carbonyl (C=O) groups is 1. The van der Waals surface area contributed by atoms with Crippen molar-refractivity contribution in [2.75, 3.05) is 6.61 Å². The van der Waals surface area contributed by atoms with Crippen molar-refractivity contribution in [2.45, 2.75) is 0 Å². The van der Waals surface area contributed by atoms with Crippen LogP contribution in [0.15, 0.2) is 76.2 Å². The molecular weight excluding hydrogens is 350 g/mol. The van der Waals surface area contributed by atoms with E-state index in [0.29, 0.717) is 22.8 Å². The molecule has 3 rings (SSSR count). The molecule has 0 saturated heterocycles. The van der Waals surface area contributed by atoms with Crippen LogP contribution in [-0.4, -0.2) is 23.7 Å². The summed E-state index contributed by atoms with van der Waals surface area (Å²) >= 11 is 0. The molecule has 1 N–H and O–H groups in total. The van der Waals surface area contributed by atoms with Gasteiger partial charge in [0.2, 0.25) is 0 Å². The molecule has 3 aromatic rings. The van der Waals surface area contributed by atoms with Crippen LogP contribution in [0, 0.1) is 10.1 Å². The first-order valence-corrected chi connectivity index (χ1v) is 7.97. The van der Waals surface area contributed by atoms with Gasteiger partial charge in [-0.05, 0) is 30.3 Å². The van der Waals surface area contributed by atoms with Crippen molar-refractivity contribution in [1.82, 2.24) is 5.43 Å². The van der Waals surface area contributed by atoms with Crippen LogP contribution in [0.25, 0.3) is 11.3 Å². The fourth-order valence-electron chi connectivity index (χ4n) is 2.27. The Morgan fingerprint density at radius 2 is 1.85 bits per heavy atom. The molecule has 0 unspecified atom stereocenters. The zero-order valence-electron chi connectivity index (χ0n) is 14.1. The van der Waals surface area contributed by atoms with Crippen LogP contribution in [0.1, 0.15) is 5.76 Å². The first kappa shape index (κ1) is 17.9. The number of furan rings is 1. The number of hydrazone groups is 1. The van der Waals surface area contributed by atoms with Gasteiger partial charge in [-0.25, -0.2) is 5.43 Å². The minimum atomic E-state index is -0.474. The standard InChI is InChI=1S/C19H15N3O5/c23-19(13-26-14-6-2-1-3-7-14)21-20-12-15-10-11-18(27-15)16-8-4-5-9-17(16)22(24)25/h1-12H,13H2,(H,21,23)/b20-12-. The van der Waals surface area contributed by atoms with Gasteiger partial charge in [0.25, 0.3) is 11.6 Å². The van der Waals surface area contributed by atoms with E-state index in [1.165, 1.54) is 12.3 Å². The van der Waals surface area contributed by atoms with E-state index >= 15 is 0 Å². The highest BCUT2D eigenvalue weighted by atomic mass is 16.6. The zero-order chi connectivity index (χ0) is 19.1. The topological polar surface area (TPSA) is 107 Å². The van der Waals surface area contributed by atoms with Crippen molar-refractivity contribution < 1.29 is 18.9 Å². The van der Waals surface area contributed by atoms with Gasteiger partial charge in [0.1, 0.15) is 17.3 Å². The molecule has 136 valence electrons. The van der Waals surface area contributed by atoms with Crippen LogP contribution in [0.2, 0.25) is 0 Å². The normalized spacial score (nSPS) is 10.7. The maximum absolute atomic E-state index is 11.7. The molecule has 8 nitrogen and oxygen atoms in total. The van der Waals surface area contributed by atoms with Crippen LogP contribution in [-0.2, 0) is 4.79 Å². The number of nitrogens with one attached hydrogen (secondary N) is 1. The molecule has 0 bridgehead atoms. The average Bonchev–Trinajstić information content (AvgIpc) is 3.16. The van der Waals surface area contributed by atoms with E-state index in [1.54, 1.807) is 54.6 Å². The smallest absolute Gasteiger partial charge is 0.280 e. The van der Waals surface area contributed by atoms with Gasteiger partial charge in [0, 0.05) is 6.07 Å². The molecule has 2 aromatic carbocycles. The first-order valence-electron chi connectivity index (χ1n) is 7.97. The fraction of sp³-hybridized carbons (Fsp3) is 0.0526. The van der Waals surface area contributed by atoms with Gasteiger partial charge in [-0.2, -0.15) is 5.10 Å². The van der Waals surface area contributed by atoms with Crippen molar-refractivity contribution in [3.05, 3.63) is 82.6 Å². The Morgan fingerprint density at radius 1 is 1.11 bits per heavy atom. The third-order valence-corrected chi connectivity index (χ3v) is 3.49. The number of nitro benzene ring substituents is 1. The molecule has 1 amide bonds. The van der Waals surface area contributed by atoms with Gasteiger partial charge in [-0.1, -0.05) is 30.3 Å². The number of nitrogens with zero attached hydrogens (tertiary/aromatic N) is 2. The van der Waals surface area contributed by atoms with E-state index in [1.807, 2.05) is 6.07 Å². The molecule has 27 heavy (non-hydrogen) atoms. The lowest BCUT2D eigenvalue weighted by Crippen LogP contribution is -2.24. The predicted molar refractivity (Wildman–Crippen MR) is 98.5 cm³/mol. The van der Waals surface area contributed by atoms with Gasteiger partial charge in [-0.3, -0.25) is 14.9 Å². The van der Waals surface area contributed by atoms with E-state index in [0.717, 1.165) is 0 Å². The largest absolute Gasteiger partial charge is 0.484 e.